The van der Waals surface area contributed by atoms with E-state index in [1.165, 1.54) is 5.56 Å². The molecule has 2 aromatic rings. The van der Waals surface area contributed by atoms with Crippen LogP contribution < -0.4 is 4.74 Å². The number of aliphatic hydroxyl groups excluding tert-OH is 2. The van der Waals surface area contributed by atoms with Crippen molar-refractivity contribution < 1.29 is 14.9 Å². The predicted molar refractivity (Wildman–Crippen MR) is 127 cm³/mol. The maximum atomic E-state index is 10.6. The van der Waals surface area contributed by atoms with Gasteiger partial charge in [-0.25, -0.2) is 0 Å². The maximum Gasteiger partial charge on any atom is 0.120 e. The first-order valence-electron chi connectivity index (χ1n) is 11.5. The van der Waals surface area contributed by atoms with Crippen molar-refractivity contribution in [3.05, 3.63) is 90.0 Å². The fourth-order valence-electron chi connectivity index (χ4n) is 4.35. The third-order valence-electron chi connectivity index (χ3n) is 6.17. The van der Waals surface area contributed by atoms with Gasteiger partial charge in [0.1, 0.15) is 12.4 Å². The van der Waals surface area contributed by atoms with Crippen LogP contribution in [-0.2, 0) is 13.0 Å². The lowest BCUT2D eigenvalue weighted by atomic mass is 9.86. The van der Waals surface area contributed by atoms with Crippen molar-refractivity contribution >= 4 is 0 Å². The summed E-state index contributed by atoms with van der Waals surface area (Å²) in [6.07, 6.45) is 8.52. The van der Waals surface area contributed by atoms with Crippen LogP contribution in [0.3, 0.4) is 0 Å². The molecule has 1 aliphatic rings. The normalized spacial score (nSPS) is 22.2. The quantitative estimate of drug-likeness (QED) is 0.354. The molecule has 1 fully saturated rings. The van der Waals surface area contributed by atoms with E-state index >= 15 is 0 Å². The van der Waals surface area contributed by atoms with Crippen LogP contribution in [0.5, 0.6) is 5.75 Å². The van der Waals surface area contributed by atoms with E-state index in [1.54, 1.807) is 0 Å². The zero-order valence-corrected chi connectivity index (χ0v) is 18.6. The predicted octanol–water partition coefficient (Wildman–Crippen LogP) is 5.86. The summed E-state index contributed by atoms with van der Waals surface area (Å²) in [4.78, 5) is 0. The molecule has 2 aromatic carbocycles. The molecule has 2 N–H and O–H groups in total. The van der Waals surface area contributed by atoms with Crippen molar-refractivity contribution in [3.8, 4) is 5.75 Å². The molecule has 0 aliphatic heterocycles. The maximum absolute atomic E-state index is 10.6. The summed E-state index contributed by atoms with van der Waals surface area (Å²) < 4.78 is 5.98. The van der Waals surface area contributed by atoms with Gasteiger partial charge in [0, 0.05) is 5.92 Å². The van der Waals surface area contributed by atoms with Gasteiger partial charge >= 0.3 is 0 Å². The lowest BCUT2D eigenvalue weighted by molar-refractivity contribution is 0.140. The van der Waals surface area contributed by atoms with Gasteiger partial charge in [0.25, 0.3) is 0 Å². The summed E-state index contributed by atoms with van der Waals surface area (Å²) >= 11 is 0. The monoisotopic (exact) mass is 420 g/mol. The first-order valence-corrected chi connectivity index (χ1v) is 11.5. The molecule has 3 rings (SSSR count). The van der Waals surface area contributed by atoms with E-state index in [0.29, 0.717) is 13.0 Å². The van der Waals surface area contributed by atoms with Crippen molar-refractivity contribution in [2.24, 2.45) is 11.8 Å². The Labute approximate surface area is 187 Å². The van der Waals surface area contributed by atoms with E-state index in [4.69, 9.17) is 4.74 Å². The largest absolute Gasteiger partial charge is 0.489 e. The molecule has 0 unspecified atom stereocenters. The van der Waals surface area contributed by atoms with Gasteiger partial charge < -0.3 is 14.9 Å². The number of ether oxygens (including phenoxy) is 1. The number of benzene rings is 2. The second kappa shape index (κ2) is 11.9. The van der Waals surface area contributed by atoms with Gasteiger partial charge in [-0.2, -0.15) is 0 Å². The Kier molecular flexibility index (Phi) is 8.93. The lowest BCUT2D eigenvalue weighted by Gasteiger charge is -2.20. The van der Waals surface area contributed by atoms with Crippen LogP contribution in [0.2, 0.25) is 0 Å². The fraction of sp³-hybridized carbons (Fsp3) is 0.429. The topological polar surface area (TPSA) is 49.7 Å². The molecule has 0 radical (unpaired) electrons. The first kappa shape index (κ1) is 23.3. The molecule has 3 nitrogen and oxygen atoms in total. The van der Waals surface area contributed by atoms with Crippen LogP contribution in [-0.4, -0.2) is 22.4 Å². The third-order valence-corrected chi connectivity index (χ3v) is 6.17. The van der Waals surface area contributed by atoms with Gasteiger partial charge in [-0.15, -0.1) is 0 Å². The molecule has 166 valence electrons. The Balaban J connectivity index is 1.62. The van der Waals surface area contributed by atoms with Crippen LogP contribution in [0.4, 0.5) is 0 Å². The minimum Gasteiger partial charge on any atom is -0.489 e. The second-order valence-electron chi connectivity index (χ2n) is 8.69. The first-order chi connectivity index (χ1) is 15.1. The van der Waals surface area contributed by atoms with Crippen LogP contribution in [0.1, 0.15) is 50.2 Å². The highest BCUT2D eigenvalue weighted by Gasteiger charge is 2.36. The minimum atomic E-state index is -0.442. The molecule has 0 saturated heterocycles. The summed E-state index contributed by atoms with van der Waals surface area (Å²) in [7, 11) is 0. The number of unbranched alkanes of at least 4 members (excludes halogenated alkanes) is 2. The van der Waals surface area contributed by atoms with Gasteiger partial charge in [-0.3, -0.25) is 0 Å². The average molecular weight is 421 g/mol. The molecule has 1 saturated carbocycles. The molecule has 0 heterocycles. The van der Waals surface area contributed by atoms with Gasteiger partial charge in [0.15, 0.2) is 0 Å². The molecule has 0 bridgehead atoms. The zero-order valence-electron chi connectivity index (χ0n) is 18.6. The fourth-order valence-corrected chi connectivity index (χ4v) is 4.35. The number of hydrogen-bond donors (Lipinski definition) is 2. The SMILES string of the molecule is C=C1C[C@@H](O)[C@H](C=C[C@@H](O)CCCCC)[C@H]1Cc1cccc(OCc2ccccc2)c1. The van der Waals surface area contributed by atoms with E-state index in [9.17, 15) is 10.2 Å². The van der Waals surface area contributed by atoms with Gasteiger partial charge in [0.2, 0.25) is 0 Å². The summed E-state index contributed by atoms with van der Waals surface area (Å²) in [5.41, 5.74) is 3.40. The smallest absolute Gasteiger partial charge is 0.120 e. The Morgan fingerprint density at radius 3 is 2.65 bits per heavy atom. The van der Waals surface area contributed by atoms with Crippen molar-refractivity contribution in [3.63, 3.8) is 0 Å². The number of aliphatic hydroxyl groups is 2. The average Bonchev–Trinajstić information content (AvgIpc) is 3.04. The molecular formula is C28H36O3. The summed E-state index contributed by atoms with van der Waals surface area (Å²) in [6.45, 7) is 6.93. The highest BCUT2D eigenvalue weighted by Crippen LogP contribution is 2.39. The third kappa shape index (κ3) is 7.09. The van der Waals surface area contributed by atoms with E-state index < -0.39 is 12.2 Å². The van der Waals surface area contributed by atoms with Crippen LogP contribution >= 0.6 is 0 Å². The lowest BCUT2D eigenvalue weighted by Crippen LogP contribution is -2.19. The van der Waals surface area contributed by atoms with E-state index in [0.717, 1.165) is 49.0 Å². The molecule has 4 atom stereocenters. The van der Waals surface area contributed by atoms with Crippen LogP contribution in [0.15, 0.2) is 78.9 Å². The summed E-state index contributed by atoms with van der Waals surface area (Å²) in [5.74, 6) is 1.00. The van der Waals surface area contributed by atoms with E-state index in [-0.39, 0.29) is 11.8 Å². The Bertz CT molecular complexity index is 842. The molecule has 31 heavy (non-hydrogen) atoms. The molecule has 0 amide bonds. The van der Waals surface area contributed by atoms with Gasteiger partial charge in [-0.05, 0) is 48.4 Å². The van der Waals surface area contributed by atoms with Crippen LogP contribution in [0.25, 0.3) is 0 Å². The van der Waals surface area contributed by atoms with E-state index in [2.05, 4.69) is 37.8 Å². The minimum absolute atomic E-state index is 0.0118. The van der Waals surface area contributed by atoms with Crippen molar-refractivity contribution in [1.82, 2.24) is 0 Å². The second-order valence-corrected chi connectivity index (χ2v) is 8.69. The summed E-state index contributed by atoms with van der Waals surface area (Å²) in [6, 6.07) is 18.3. The zero-order chi connectivity index (χ0) is 22.1. The van der Waals surface area contributed by atoms with Crippen molar-refractivity contribution in [2.75, 3.05) is 0 Å². The highest BCUT2D eigenvalue weighted by molar-refractivity contribution is 5.31. The number of rotatable bonds is 11. The molecule has 1 aliphatic carbocycles. The van der Waals surface area contributed by atoms with Gasteiger partial charge in [-0.1, -0.05) is 93.0 Å². The Morgan fingerprint density at radius 2 is 1.87 bits per heavy atom. The van der Waals surface area contributed by atoms with Crippen molar-refractivity contribution in [1.29, 1.82) is 0 Å². The highest BCUT2D eigenvalue weighted by atomic mass is 16.5. The molecular weight excluding hydrogens is 384 g/mol. The van der Waals surface area contributed by atoms with Crippen LogP contribution in [0, 0.1) is 11.8 Å². The van der Waals surface area contributed by atoms with E-state index in [1.807, 2.05) is 42.5 Å². The van der Waals surface area contributed by atoms with Crippen molar-refractivity contribution in [2.45, 2.75) is 64.3 Å². The Hall–Kier alpha value is -2.36. The summed E-state index contributed by atoms with van der Waals surface area (Å²) in [5, 5.41) is 20.8. The number of hydrogen-bond acceptors (Lipinski definition) is 3. The molecule has 0 spiro atoms. The molecule has 3 heteroatoms. The Morgan fingerprint density at radius 1 is 1.10 bits per heavy atom. The molecule has 0 aromatic heterocycles. The standard InChI is InChI=1S/C28H36O3/c1-3-4-6-13-24(29)15-16-26-27(21(2)17-28(26)30)19-23-12-9-14-25(18-23)31-20-22-10-7-5-8-11-22/h5,7-12,14-16,18,24,26-30H,2-4,6,13,17,19-20H2,1H3/t24-,26+,27-,28+/m0/s1. The van der Waals surface area contributed by atoms with Gasteiger partial charge in [0.05, 0.1) is 12.2 Å².